The quantitative estimate of drug-likeness (QED) is 0.878. The molecule has 5 nitrogen and oxygen atoms in total. The van der Waals surface area contributed by atoms with Crippen molar-refractivity contribution >= 4 is 10.0 Å². The van der Waals surface area contributed by atoms with E-state index in [0.29, 0.717) is 13.1 Å². The Bertz CT molecular complexity index is 453. The summed E-state index contributed by atoms with van der Waals surface area (Å²) in [7, 11) is -3.47. The van der Waals surface area contributed by atoms with Crippen molar-refractivity contribution in [1.29, 1.82) is 0 Å². The third kappa shape index (κ3) is 2.53. The molecule has 1 aliphatic heterocycles. The lowest BCUT2D eigenvalue weighted by atomic mass is 9.93. The molecule has 0 spiro atoms. The highest BCUT2D eigenvalue weighted by Crippen LogP contribution is 2.25. The molecule has 0 aromatic carbocycles. The normalized spacial score (nSPS) is 24.7. The van der Waals surface area contributed by atoms with Crippen LogP contribution in [0.3, 0.4) is 0 Å². The topological polar surface area (TPSA) is 76.5 Å². The number of piperidine rings is 1. The second-order valence-corrected chi connectivity index (χ2v) is 6.43. The molecule has 1 aromatic heterocycles. The first-order valence-corrected chi connectivity index (χ1v) is 7.25. The van der Waals surface area contributed by atoms with Crippen molar-refractivity contribution < 1.29 is 12.8 Å². The minimum Gasteiger partial charge on any atom is -0.452 e. The van der Waals surface area contributed by atoms with Gasteiger partial charge >= 0.3 is 0 Å². The predicted molar refractivity (Wildman–Crippen MR) is 63.8 cm³/mol. The molecule has 1 fully saturated rings. The maximum Gasteiger partial charge on any atom is 0.276 e. The van der Waals surface area contributed by atoms with E-state index in [0.717, 1.165) is 12.8 Å². The largest absolute Gasteiger partial charge is 0.452 e. The number of hydrogen-bond acceptors (Lipinski definition) is 4. The molecular formula is C11H18N2O3S. The van der Waals surface area contributed by atoms with Crippen LogP contribution < -0.4 is 5.73 Å². The summed E-state index contributed by atoms with van der Waals surface area (Å²) in [6.07, 6.45) is 3.22. The monoisotopic (exact) mass is 258 g/mol. The van der Waals surface area contributed by atoms with Crippen molar-refractivity contribution in [3.05, 3.63) is 18.4 Å². The van der Waals surface area contributed by atoms with Crippen LogP contribution >= 0.6 is 0 Å². The summed E-state index contributed by atoms with van der Waals surface area (Å²) >= 11 is 0. The van der Waals surface area contributed by atoms with Crippen molar-refractivity contribution in [2.24, 2.45) is 11.7 Å². The Labute approximate surface area is 102 Å². The van der Waals surface area contributed by atoms with Crippen LogP contribution in [-0.4, -0.2) is 31.9 Å². The Kier molecular flexibility index (Phi) is 3.56. The van der Waals surface area contributed by atoms with Gasteiger partial charge in [0.15, 0.2) is 0 Å². The zero-order valence-electron chi connectivity index (χ0n) is 9.87. The molecule has 2 rings (SSSR count). The fourth-order valence-corrected chi connectivity index (χ4v) is 3.60. The molecule has 2 N–H and O–H groups in total. The van der Waals surface area contributed by atoms with Gasteiger partial charge in [0.2, 0.25) is 5.09 Å². The average Bonchev–Trinajstić information content (AvgIpc) is 2.83. The number of hydrogen-bond donors (Lipinski definition) is 1. The highest BCUT2D eigenvalue weighted by Gasteiger charge is 2.32. The summed E-state index contributed by atoms with van der Waals surface area (Å²) in [5.74, 6) is 0.230. The highest BCUT2D eigenvalue weighted by atomic mass is 32.2. The van der Waals surface area contributed by atoms with E-state index in [1.54, 1.807) is 6.07 Å². The molecule has 2 heterocycles. The maximum absolute atomic E-state index is 12.2. The van der Waals surface area contributed by atoms with Gasteiger partial charge in [0.1, 0.15) is 0 Å². The van der Waals surface area contributed by atoms with E-state index in [9.17, 15) is 8.42 Å². The Morgan fingerprint density at radius 2 is 2.35 bits per heavy atom. The first-order valence-electron chi connectivity index (χ1n) is 5.81. The molecule has 17 heavy (non-hydrogen) atoms. The number of sulfonamides is 1. The molecule has 0 bridgehead atoms. The summed E-state index contributed by atoms with van der Waals surface area (Å²) < 4.78 is 30.9. The zero-order chi connectivity index (χ0) is 12.5. The third-order valence-electron chi connectivity index (χ3n) is 3.25. The van der Waals surface area contributed by atoms with E-state index in [4.69, 9.17) is 10.2 Å². The summed E-state index contributed by atoms with van der Waals surface area (Å²) in [5.41, 5.74) is 5.85. The summed E-state index contributed by atoms with van der Waals surface area (Å²) in [4.78, 5) is 0. The summed E-state index contributed by atoms with van der Waals surface area (Å²) in [6.45, 7) is 2.96. The van der Waals surface area contributed by atoms with Crippen LogP contribution in [0.5, 0.6) is 0 Å². The van der Waals surface area contributed by atoms with Gasteiger partial charge in [0.05, 0.1) is 6.26 Å². The van der Waals surface area contributed by atoms with E-state index in [-0.39, 0.29) is 17.1 Å². The number of rotatable bonds is 3. The van der Waals surface area contributed by atoms with E-state index in [1.807, 2.05) is 6.92 Å². The molecule has 0 aliphatic carbocycles. The molecule has 1 aromatic rings. The zero-order valence-corrected chi connectivity index (χ0v) is 10.7. The molecule has 0 amide bonds. The van der Waals surface area contributed by atoms with Crippen molar-refractivity contribution in [2.45, 2.75) is 30.9 Å². The molecule has 6 heteroatoms. The molecule has 0 radical (unpaired) electrons. The second-order valence-electron chi connectivity index (χ2n) is 4.56. The van der Waals surface area contributed by atoms with Gasteiger partial charge in [-0.3, -0.25) is 0 Å². The molecule has 2 unspecified atom stereocenters. The minimum absolute atomic E-state index is 0.0165. The van der Waals surface area contributed by atoms with Gasteiger partial charge in [0.25, 0.3) is 10.0 Å². The van der Waals surface area contributed by atoms with Crippen LogP contribution in [-0.2, 0) is 10.0 Å². The summed E-state index contributed by atoms with van der Waals surface area (Å²) in [6, 6.07) is 3.08. The fourth-order valence-electron chi connectivity index (χ4n) is 2.16. The van der Waals surface area contributed by atoms with Crippen molar-refractivity contribution in [3.8, 4) is 0 Å². The molecule has 96 valence electrons. The molecule has 1 aliphatic rings. The van der Waals surface area contributed by atoms with Gasteiger partial charge in [-0.05, 0) is 37.8 Å². The van der Waals surface area contributed by atoms with Gasteiger partial charge in [-0.15, -0.1) is 0 Å². The van der Waals surface area contributed by atoms with Gasteiger partial charge < -0.3 is 10.2 Å². The maximum atomic E-state index is 12.2. The van der Waals surface area contributed by atoms with Crippen LogP contribution in [0.15, 0.2) is 27.9 Å². The van der Waals surface area contributed by atoms with Gasteiger partial charge in [-0.2, -0.15) is 4.31 Å². The molecule has 0 saturated carbocycles. The van der Waals surface area contributed by atoms with Crippen molar-refractivity contribution in [3.63, 3.8) is 0 Å². The smallest absolute Gasteiger partial charge is 0.276 e. The predicted octanol–water partition coefficient (Wildman–Crippen LogP) is 1.03. The van der Waals surface area contributed by atoms with E-state index in [1.165, 1.54) is 16.6 Å². The number of nitrogens with zero attached hydrogens (tertiary/aromatic N) is 1. The standard InChI is InChI=1S/C11H18N2O3S/c1-9(12)10-4-2-6-13(8-10)17(14,15)11-5-3-7-16-11/h3,5,7,9-10H,2,4,6,8,12H2,1H3. The molecule has 2 atom stereocenters. The fraction of sp³-hybridized carbons (Fsp3) is 0.636. The van der Waals surface area contributed by atoms with Crippen LogP contribution in [0, 0.1) is 5.92 Å². The van der Waals surface area contributed by atoms with Crippen molar-refractivity contribution in [1.82, 2.24) is 4.31 Å². The van der Waals surface area contributed by atoms with E-state index in [2.05, 4.69) is 0 Å². The van der Waals surface area contributed by atoms with Crippen LogP contribution in [0.1, 0.15) is 19.8 Å². The first-order chi connectivity index (χ1) is 8.01. The van der Waals surface area contributed by atoms with Gasteiger partial charge in [0, 0.05) is 19.1 Å². The highest BCUT2D eigenvalue weighted by molar-refractivity contribution is 7.89. The Morgan fingerprint density at radius 3 is 2.94 bits per heavy atom. The van der Waals surface area contributed by atoms with Crippen LogP contribution in [0.4, 0.5) is 0 Å². The Hall–Kier alpha value is -0.850. The van der Waals surface area contributed by atoms with Crippen LogP contribution in [0.2, 0.25) is 0 Å². The lowest BCUT2D eigenvalue weighted by Gasteiger charge is -2.33. The van der Waals surface area contributed by atoms with Gasteiger partial charge in [-0.25, -0.2) is 8.42 Å². The van der Waals surface area contributed by atoms with Crippen LogP contribution in [0.25, 0.3) is 0 Å². The number of nitrogens with two attached hydrogens (primary N) is 1. The van der Waals surface area contributed by atoms with Gasteiger partial charge in [-0.1, -0.05) is 0 Å². The summed E-state index contributed by atoms with van der Waals surface area (Å²) in [5, 5.41) is 0.0165. The minimum atomic E-state index is -3.47. The number of furan rings is 1. The lowest BCUT2D eigenvalue weighted by Crippen LogP contribution is -2.44. The van der Waals surface area contributed by atoms with Crippen molar-refractivity contribution in [2.75, 3.05) is 13.1 Å². The van der Waals surface area contributed by atoms with E-state index >= 15 is 0 Å². The second kappa shape index (κ2) is 4.80. The lowest BCUT2D eigenvalue weighted by molar-refractivity contribution is 0.239. The molecule has 1 saturated heterocycles. The third-order valence-corrected chi connectivity index (χ3v) is 5.01. The average molecular weight is 258 g/mol. The Morgan fingerprint density at radius 1 is 1.59 bits per heavy atom. The molecular weight excluding hydrogens is 240 g/mol. The SMILES string of the molecule is CC(N)C1CCCN(S(=O)(=O)c2ccco2)C1. The first kappa shape index (κ1) is 12.6. The Balaban J connectivity index is 2.17. The van der Waals surface area contributed by atoms with E-state index < -0.39 is 10.0 Å².